The average Bonchev–Trinajstić information content (AvgIpc) is 2.88. The Bertz CT molecular complexity index is 457. The van der Waals surface area contributed by atoms with Gasteiger partial charge in [-0.25, -0.2) is 0 Å². The maximum absolute atomic E-state index is 12.0. The molecule has 0 heterocycles. The molecule has 1 N–H and O–H groups in total. The zero-order valence-corrected chi connectivity index (χ0v) is 11.8. The summed E-state index contributed by atoms with van der Waals surface area (Å²) in [4.78, 5) is 12.0. The van der Waals surface area contributed by atoms with Crippen LogP contribution in [-0.4, -0.2) is 13.0 Å². The van der Waals surface area contributed by atoms with Crippen molar-refractivity contribution in [2.75, 3.05) is 12.4 Å². The minimum absolute atomic E-state index is 0.0754. The van der Waals surface area contributed by atoms with Gasteiger partial charge in [-0.2, -0.15) is 0 Å². The lowest BCUT2D eigenvalue weighted by molar-refractivity contribution is -0.118. The largest absolute Gasteiger partial charge is 0.495 e. The number of hydrogen-bond donors (Lipinski definition) is 1. The summed E-state index contributed by atoms with van der Waals surface area (Å²) in [6.45, 7) is 4.21. The third-order valence-corrected chi connectivity index (χ3v) is 3.74. The molecule has 0 spiro atoms. The minimum Gasteiger partial charge on any atom is -0.495 e. The first-order chi connectivity index (χ1) is 7.94. The molecule has 1 aromatic carbocycles. The smallest absolute Gasteiger partial charge is 0.228 e. The van der Waals surface area contributed by atoms with Crippen molar-refractivity contribution in [1.82, 2.24) is 0 Å². The van der Waals surface area contributed by atoms with Crippen molar-refractivity contribution in [3.63, 3.8) is 0 Å². The van der Waals surface area contributed by atoms with E-state index in [4.69, 9.17) is 4.74 Å². The fourth-order valence-corrected chi connectivity index (χ4v) is 2.27. The van der Waals surface area contributed by atoms with Gasteiger partial charge in [-0.15, -0.1) is 0 Å². The molecule has 1 unspecified atom stereocenters. The molecule has 1 saturated carbocycles. The van der Waals surface area contributed by atoms with Crippen molar-refractivity contribution in [2.24, 2.45) is 11.3 Å². The number of carbonyl (C=O) groups excluding carboxylic acids is 1. The van der Waals surface area contributed by atoms with Crippen molar-refractivity contribution < 1.29 is 9.53 Å². The van der Waals surface area contributed by atoms with E-state index in [-0.39, 0.29) is 17.2 Å². The second kappa shape index (κ2) is 4.33. The number of halogens is 1. The summed E-state index contributed by atoms with van der Waals surface area (Å²) in [5, 5.41) is 2.93. The van der Waals surface area contributed by atoms with E-state index in [0.717, 1.165) is 16.6 Å². The SMILES string of the molecule is COc1ccc(Br)cc1NC(=O)C1CC1(C)C. The van der Waals surface area contributed by atoms with Gasteiger partial charge in [0, 0.05) is 10.4 Å². The van der Waals surface area contributed by atoms with Crippen LogP contribution in [-0.2, 0) is 4.79 Å². The number of benzene rings is 1. The van der Waals surface area contributed by atoms with E-state index < -0.39 is 0 Å². The molecule has 0 bridgehead atoms. The summed E-state index contributed by atoms with van der Waals surface area (Å²) in [5.41, 5.74) is 0.859. The molecule has 1 aliphatic rings. The molecular weight excluding hydrogens is 282 g/mol. The molecule has 92 valence electrons. The summed E-state index contributed by atoms with van der Waals surface area (Å²) >= 11 is 3.38. The maximum atomic E-state index is 12.0. The van der Waals surface area contributed by atoms with Gasteiger partial charge >= 0.3 is 0 Å². The lowest BCUT2D eigenvalue weighted by atomic mass is 10.1. The minimum atomic E-state index is 0.0754. The zero-order valence-electron chi connectivity index (χ0n) is 10.2. The van der Waals surface area contributed by atoms with Gasteiger partial charge in [0.25, 0.3) is 0 Å². The van der Waals surface area contributed by atoms with Crippen LogP contribution in [0.5, 0.6) is 5.75 Å². The van der Waals surface area contributed by atoms with E-state index in [1.165, 1.54) is 0 Å². The molecule has 0 saturated heterocycles. The van der Waals surface area contributed by atoms with Crippen LogP contribution in [0.1, 0.15) is 20.3 Å². The molecule has 17 heavy (non-hydrogen) atoms. The van der Waals surface area contributed by atoms with Crippen LogP contribution in [0.25, 0.3) is 0 Å². The summed E-state index contributed by atoms with van der Waals surface area (Å²) in [6, 6.07) is 5.57. The van der Waals surface area contributed by atoms with Gasteiger partial charge in [-0.05, 0) is 30.0 Å². The van der Waals surface area contributed by atoms with E-state index >= 15 is 0 Å². The Labute approximate surface area is 110 Å². The molecule has 1 amide bonds. The number of anilines is 1. The van der Waals surface area contributed by atoms with Crippen molar-refractivity contribution in [3.8, 4) is 5.75 Å². The van der Waals surface area contributed by atoms with E-state index in [1.54, 1.807) is 7.11 Å². The van der Waals surface area contributed by atoms with E-state index in [2.05, 4.69) is 35.1 Å². The molecule has 1 fully saturated rings. The third kappa shape index (κ3) is 2.63. The summed E-state index contributed by atoms with van der Waals surface area (Å²) < 4.78 is 6.14. The van der Waals surface area contributed by atoms with E-state index in [9.17, 15) is 4.79 Å². The van der Waals surface area contributed by atoms with Gasteiger partial charge in [0.2, 0.25) is 5.91 Å². The number of methoxy groups -OCH3 is 1. The molecule has 0 radical (unpaired) electrons. The molecule has 0 aromatic heterocycles. The van der Waals surface area contributed by atoms with Gasteiger partial charge in [0.15, 0.2) is 0 Å². The van der Waals surface area contributed by atoms with Crippen LogP contribution < -0.4 is 10.1 Å². The predicted octanol–water partition coefficient (Wildman–Crippen LogP) is 3.44. The number of hydrogen-bond acceptors (Lipinski definition) is 2. The van der Waals surface area contributed by atoms with Crippen LogP contribution in [0.3, 0.4) is 0 Å². The topological polar surface area (TPSA) is 38.3 Å². The zero-order chi connectivity index (χ0) is 12.6. The van der Waals surface area contributed by atoms with Crippen molar-refractivity contribution in [1.29, 1.82) is 0 Å². The average molecular weight is 298 g/mol. The first-order valence-electron chi connectivity index (χ1n) is 5.58. The van der Waals surface area contributed by atoms with Crippen LogP contribution in [0.4, 0.5) is 5.69 Å². The van der Waals surface area contributed by atoms with Crippen LogP contribution in [0.15, 0.2) is 22.7 Å². The summed E-state index contributed by atoms with van der Waals surface area (Å²) in [5.74, 6) is 0.873. The van der Waals surface area contributed by atoms with E-state index in [0.29, 0.717) is 5.75 Å². The van der Waals surface area contributed by atoms with Crippen LogP contribution in [0.2, 0.25) is 0 Å². The maximum Gasteiger partial charge on any atom is 0.228 e. The molecule has 0 aliphatic heterocycles. The normalized spacial score (nSPS) is 20.8. The lowest BCUT2D eigenvalue weighted by Gasteiger charge is -2.11. The van der Waals surface area contributed by atoms with Crippen molar-refractivity contribution in [2.45, 2.75) is 20.3 Å². The highest BCUT2D eigenvalue weighted by Gasteiger charge is 2.50. The first-order valence-corrected chi connectivity index (χ1v) is 6.38. The fraction of sp³-hybridized carbons (Fsp3) is 0.462. The van der Waals surface area contributed by atoms with Gasteiger partial charge in [0.05, 0.1) is 12.8 Å². The molecule has 3 nitrogen and oxygen atoms in total. The number of rotatable bonds is 3. The fourth-order valence-electron chi connectivity index (χ4n) is 1.91. The number of amides is 1. The molecule has 2 rings (SSSR count). The lowest BCUT2D eigenvalue weighted by Crippen LogP contribution is -2.17. The highest BCUT2D eigenvalue weighted by atomic mass is 79.9. The second-order valence-corrected chi connectivity index (χ2v) is 5.99. The second-order valence-electron chi connectivity index (χ2n) is 5.08. The molecule has 1 aliphatic carbocycles. The first kappa shape index (κ1) is 12.4. The van der Waals surface area contributed by atoms with Crippen molar-refractivity contribution in [3.05, 3.63) is 22.7 Å². The van der Waals surface area contributed by atoms with Crippen LogP contribution in [0, 0.1) is 11.3 Å². The number of nitrogens with one attached hydrogen (secondary N) is 1. The predicted molar refractivity (Wildman–Crippen MR) is 71.2 cm³/mol. The van der Waals surface area contributed by atoms with Gasteiger partial charge in [-0.3, -0.25) is 4.79 Å². The highest BCUT2D eigenvalue weighted by Crippen LogP contribution is 2.52. The molecular formula is C13H16BrNO2. The summed E-state index contributed by atoms with van der Waals surface area (Å²) in [7, 11) is 1.60. The highest BCUT2D eigenvalue weighted by molar-refractivity contribution is 9.10. The van der Waals surface area contributed by atoms with Gasteiger partial charge in [-0.1, -0.05) is 29.8 Å². The quantitative estimate of drug-likeness (QED) is 0.928. The third-order valence-electron chi connectivity index (χ3n) is 3.25. The van der Waals surface area contributed by atoms with Gasteiger partial charge in [0.1, 0.15) is 5.75 Å². The number of ether oxygens (including phenoxy) is 1. The Kier molecular flexibility index (Phi) is 3.17. The Balaban J connectivity index is 2.13. The van der Waals surface area contributed by atoms with Crippen molar-refractivity contribution >= 4 is 27.5 Å². The summed E-state index contributed by atoms with van der Waals surface area (Å²) in [6.07, 6.45) is 0.954. The monoisotopic (exact) mass is 297 g/mol. The Morgan fingerprint density at radius 1 is 1.53 bits per heavy atom. The molecule has 4 heteroatoms. The Hall–Kier alpha value is -1.03. The number of carbonyl (C=O) groups is 1. The van der Waals surface area contributed by atoms with E-state index in [1.807, 2.05) is 18.2 Å². The Morgan fingerprint density at radius 2 is 2.18 bits per heavy atom. The van der Waals surface area contributed by atoms with Gasteiger partial charge < -0.3 is 10.1 Å². The standard InChI is InChI=1S/C13H16BrNO2/c1-13(2)7-9(13)12(16)15-10-6-8(14)4-5-11(10)17-3/h4-6,9H,7H2,1-3H3,(H,15,16). The molecule has 1 aromatic rings. The van der Waals surface area contributed by atoms with Crippen LogP contribution >= 0.6 is 15.9 Å². The molecule has 1 atom stereocenters. The Morgan fingerprint density at radius 3 is 2.71 bits per heavy atom.